The number of carbonyl (C=O) groups is 1. The van der Waals surface area contributed by atoms with Crippen LogP contribution in [0.2, 0.25) is 0 Å². The normalized spacial score (nSPS) is 17.5. The minimum Gasteiger partial charge on any atom is -0.378 e. The van der Waals surface area contributed by atoms with Gasteiger partial charge in [-0.3, -0.25) is 14.9 Å². The van der Waals surface area contributed by atoms with E-state index in [2.05, 4.69) is 22.2 Å². The number of piperazine rings is 1. The van der Waals surface area contributed by atoms with Crippen LogP contribution in [-0.4, -0.2) is 75.3 Å². The maximum atomic E-state index is 13.3. The van der Waals surface area contributed by atoms with Gasteiger partial charge in [-0.25, -0.2) is 0 Å². The van der Waals surface area contributed by atoms with E-state index in [1.54, 1.807) is 6.07 Å². The molecular formula is C22H27N5O4. The Morgan fingerprint density at radius 2 is 1.65 bits per heavy atom. The summed E-state index contributed by atoms with van der Waals surface area (Å²) < 4.78 is 5.41. The molecule has 0 saturated carbocycles. The standard InChI is InChI=1S/C22H27N5O4/c1-24-8-10-25(11-9-24)21-5-3-2-4-19(21)23-22(28)18-16-17(27(29)30)6-7-20(18)26-12-14-31-15-13-26/h2-7,16H,8-15H2,1H3,(H,23,28). The molecule has 9 nitrogen and oxygen atoms in total. The molecule has 0 aromatic heterocycles. The molecule has 2 aromatic rings. The molecule has 0 bridgehead atoms. The van der Waals surface area contributed by atoms with Crippen molar-refractivity contribution in [3.63, 3.8) is 0 Å². The highest BCUT2D eigenvalue weighted by Gasteiger charge is 2.24. The highest BCUT2D eigenvalue weighted by molar-refractivity contribution is 6.10. The lowest BCUT2D eigenvalue weighted by atomic mass is 10.1. The molecule has 0 spiro atoms. The van der Waals surface area contributed by atoms with Gasteiger partial charge in [0, 0.05) is 51.4 Å². The Morgan fingerprint density at radius 3 is 2.35 bits per heavy atom. The van der Waals surface area contributed by atoms with Crippen molar-refractivity contribution in [3.8, 4) is 0 Å². The molecule has 31 heavy (non-hydrogen) atoms. The molecule has 2 aromatic carbocycles. The summed E-state index contributed by atoms with van der Waals surface area (Å²) in [4.78, 5) is 30.8. The minimum absolute atomic E-state index is 0.102. The fourth-order valence-corrected chi connectivity index (χ4v) is 3.99. The van der Waals surface area contributed by atoms with Crippen LogP contribution >= 0.6 is 0 Å². The van der Waals surface area contributed by atoms with E-state index in [0.717, 1.165) is 31.9 Å². The zero-order valence-corrected chi connectivity index (χ0v) is 17.6. The molecule has 2 heterocycles. The van der Waals surface area contributed by atoms with Crippen LogP contribution in [0, 0.1) is 10.1 Å². The number of nitro benzene ring substituents is 1. The van der Waals surface area contributed by atoms with Gasteiger partial charge in [0.15, 0.2) is 0 Å². The molecule has 2 aliphatic rings. The lowest BCUT2D eigenvalue weighted by molar-refractivity contribution is -0.384. The summed E-state index contributed by atoms with van der Waals surface area (Å²) in [7, 11) is 2.10. The highest BCUT2D eigenvalue weighted by Crippen LogP contribution is 2.30. The lowest BCUT2D eigenvalue weighted by Crippen LogP contribution is -2.44. The van der Waals surface area contributed by atoms with Gasteiger partial charge >= 0.3 is 0 Å². The number of rotatable bonds is 5. The summed E-state index contributed by atoms with van der Waals surface area (Å²) in [5, 5.41) is 14.3. The average molecular weight is 425 g/mol. The van der Waals surface area contributed by atoms with E-state index in [9.17, 15) is 14.9 Å². The predicted octanol–water partition coefficient (Wildman–Crippen LogP) is 2.44. The Morgan fingerprint density at radius 1 is 0.968 bits per heavy atom. The van der Waals surface area contributed by atoms with Crippen LogP contribution in [0.3, 0.4) is 0 Å². The van der Waals surface area contributed by atoms with Crippen LogP contribution in [0.4, 0.5) is 22.7 Å². The third-order valence-corrected chi connectivity index (χ3v) is 5.78. The van der Waals surface area contributed by atoms with Gasteiger partial charge in [0.05, 0.1) is 40.8 Å². The molecule has 0 radical (unpaired) electrons. The first kappa shape index (κ1) is 21.1. The second kappa shape index (κ2) is 9.32. The Labute approximate surface area is 181 Å². The van der Waals surface area contributed by atoms with Crippen molar-refractivity contribution in [2.24, 2.45) is 0 Å². The monoisotopic (exact) mass is 425 g/mol. The molecule has 2 aliphatic heterocycles. The van der Waals surface area contributed by atoms with E-state index >= 15 is 0 Å². The number of nitrogens with zero attached hydrogens (tertiary/aromatic N) is 4. The van der Waals surface area contributed by atoms with E-state index in [1.807, 2.05) is 29.2 Å². The van der Waals surface area contributed by atoms with E-state index in [-0.39, 0.29) is 11.6 Å². The number of hydrogen-bond donors (Lipinski definition) is 1. The van der Waals surface area contributed by atoms with E-state index in [0.29, 0.717) is 43.2 Å². The van der Waals surface area contributed by atoms with Crippen LogP contribution in [0.1, 0.15) is 10.4 Å². The topological polar surface area (TPSA) is 91.2 Å². The van der Waals surface area contributed by atoms with Gasteiger partial charge in [-0.15, -0.1) is 0 Å². The number of morpholine rings is 1. The number of nitro groups is 1. The van der Waals surface area contributed by atoms with Crippen LogP contribution < -0.4 is 15.1 Å². The molecule has 0 aliphatic carbocycles. The smallest absolute Gasteiger partial charge is 0.270 e. The zero-order valence-electron chi connectivity index (χ0n) is 17.6. The summed E-state index contributed by atoms with van der Waals surface area (Å²) in [6.45, 7) is 6.04. The first-order valence-electron chi connectivity index (χ1n) is 10.5. The summed E-state index contributed by atoms with van der Waals surface area (Å²) in [6.07, 6.45) is 0. The van der Waals surface area contributed by atoms with Crippen molar-refractivity contribution in [2.75, 3.05) is 74.6 Å². The highest BCUT2D eigenvalue weighted by atomic mass is 16.6. The quantitative estimate of drug-likeness (QED) is 0.581. The van der Waals surface area contributed by atoms with Gasteiger partial charge in [0.1, 0.15) is 0 Å². The first-order valence-corrected chi connectivity index (χ1v) is 10.5. The van der Waals surface area contributed by atoms with Gasteiger partial charge in [0.25, 0.3) is 11.6 Å². The van der Waals surface area contributed by atoms with Crippen molar-refractivity contribution in [1.29, 1.82) is 0 Å². The largest absolute Gasteiger partial charge is 0.378 e. The summed E-state index contributed by atoms with van der Waals surface area (Å²) in [5.41, 5.74) is 2.54. The summed E-state index contributed by atoms with van der Waals surface area (Å²) in [5.74, 6) is -0.355. The molecule has 9 heteroatoms. The molecule has 2 saturated heterocycles. The van der Waals surface area contributed by atoms with E-state index in [1.165, 1.54) is 12.1 Å². The Hall–Kier alpha value is -3.17. The fraction of sp³-hybridized carbons (Fsp3) is 0.409. The number of ether oxygens (including phenoxy) is 1. The lowest BCUT2D eigenvalue weighted by Gasteiger charge is -2.35. The number of non-ortho nitro benzene ring substituents is 1. The maximum absolute atomic E-state index is 13.3. The van der Waals surface area contributed by atoms with Crippen LogP contribution in [0.15, 0.2) is 42.5 Å². The second-order valence-electron chi connectivity index (χ2n) is 7.82. The van der Waals surface area contributed by atoms with Gasteiger partial charge in [0.2, 0.25) is 0 Å². The van der Waals surface area contributed by atoms with Crippen molar-refractivity contribution in [3.05, 3.63) is 58.1 Å². The minimum atomic E-state index is -0.474. The molecule has 2 fully saturated rings. The zero-order chi connectivity index (χ0) is 21.8. The number of anilines is 3. The van der Waals surface area contributed by atoms with Crippen molar-refractivity contribution in [1.82, 2.24) is 4.90 Å². The molecule has 1 N–H and O–H groups in total. The Balaban J connectivity index is 1.62. The van der Waals surface area contributed by atoms with E-state index < -0.39 is 4.92 Å². The van der Waals surface area contributed by atoms with Crippen LogP contribution in [-0.2, 0) is 4.74 Å². The van der Waals surface area contributed by atoms with Crippen LogP contribution in [0.5, 0.6) is 0 Å². The number of amides is 1. The SMILES string of the molecule is CN1CCN(c2ccccc2NC(=O)c2cc([N+](=O)[O-])ccc2N2CCOCC2)CC1. The first-order chi connectivity index (χ1) is 15.0. The number of nitrogens with one attached hydrogen (secondary N) is 1. The Kier molecular flexibility index (Phi) is 6.34. The number of hydrogen-bond acceptors (Lipinski definition) is 7. The van der Waals surface area contributed by atoms with Crippen molar-refractivity contribution < 1.29 is 14.5 Å². The second-order valence-corrected chi connectivity index (χ2v) is 7.82. The molecule has 0 atom stereocenters. The molecule has 1 amide bonds. The summed E-state index contributed by atoms with van der Waals surface area (Å²) in [6, 6.07) is 12.2. The number of benzene rings is 2. The summed E-state index contributed by atoms with van der Waals surface area (Å²) >= 11 is 0. The van der Waals surface area contributed by atoms with Crippen molar-refractivity contribution >= 4 is 28.7 Å². The number of para-hydroxylation sites is 2. The van der Waals surface area contributed by atoms with Gasteiger partial charge < -0.3 is 24.8 Å². The molecular weight excluding hydrogens is 398 g/mol. The van der Waals surface area contributed by atoms with Gasteiger partial charge in [-0.05, 0) is 25.2 Å². The van der Waals surface area contributed by atoms with Gasteiger partial charge in [-0.1, -0.05) is 12.1 Å². The molecule has 164 valence electrons. The fourth-order valence-electron chi connectivity index (χ4n) is 3.99. The number of likely N-dealkylation sites (N-methyl/N-ethyl adjacent to an activating group) is 1. The van der Waals surface area contributed by atoms with Crippen LogP contribution in [0.25, 0.3) is 0 Å². The average Bonchev–Trinajstić information content (AvgIpc) is 2.80. The molecule has 0 unspecified atom stereocenters. The maximum Gasteiger partial charge on any atom is 0.270 e. The molecule has 4 rings (SSSR count). The van der Waals surface area contributed by atoms with E-state index in [4.69, 9.17) is 4.74 Å². The Bertz CT molecular complexity index is 953. The van der Waals surface area contributed by atoms with Gasteiger partial charge in [-0.2, -0.15) is 0 Å². The number of carbonyl (C=O) groups excluding carboxylic acids is 1. The van der Waals surface area contributed by atoms with Crippen molar-refractivity contribution in [2.45, 2.75) is 0 Å². The third kappa shape index (κ3) is 4.78. The third-order valence-electron chi connectivity index (χ3n) is 5.78. The predicted molar refractivity (Wildman–Crippen MR) is 120 cm³/mol.